The molecule has 1 amide bonds. The molecule has 5 nitrogen and oxygen atoms in total. The number of fused-ring (bicyclic) bond motifs is 1. The third-order valence-electron chi connectivity index (χ3n) is 4.34. The molecule has 0 aliphatic carbocycles. The normalized spacial score (nSPS) is 11.5. The Morgan fingerprint density at radius 2 is 1.50 bits per heavy atom. The van der Waals surface area contributed by atoms with Crippen LogP contribution in [-0.4, -0.2) is 18.3 Å². The molecular formula is C21H15IN2O3S. The molecule has 0 aliphatic heterocycles. The van der Waals surface area contributed by atoms with Crippen LogP contribution in [0.2, 0.25) is 0 Å². The monoisotopic (exact) mass is 502 g/mol. The maximum absolute atomic E-state index is 13.1. The number of para-hydroxylation sites is 2. The van der Waals surface area contributed by atoms with Crippen molar-refractivity contribution >= 4 is 55.1 Å². The predicted octanol–water partition coefficient (Wildman–Crippen LogP) is 4.74. The van der Waals surface area contributed by atoms with E-state index in [1.807, 2.05) is 18.2 Å². The zero-order valence-electron chi connectivity index (χ0n) is 14.5. The first kappa shape index (κ1) is 18.7. The predicted molar refractivity (Wildman–Crippen MR) is 118 cm³/mol. The molecular weight excluding hydrogens is 487 g/mol. The standard InChI is InChI=1S/C21H15IN2O3S/c22-18-11-5-6-12-19(18)23-21(25)17-14-24(20-13-7-4-10-16(17)20)28(26,27)15-8-2-1-3-9-15/h1-14H,(H,23,25). The lowest BCUT2D eigenvalue weighted by molar-refractivity contribution is 0.102. The molecule has 0 bridgehead atoms. The number of nitrogens with one attached hydrogen (secondary N) is 1. The van der Waals surface area contributed by atoms with Gasteiger partial charge in [-0.3, -0.25) is 4.79 Å². The van der Waals surface area contributed by atoms with Gasteiger partial charge in [-0.05, 0) is 52.9 Å². The van der Waals surface area contributed by atoms with Gasteiger partial charge in [0, 0.05) is 15.2 Å². The minimum Gasteiger partial charge on any atom is -0.321 e. The van der Waals surface area contributed by atoms with E-state index < -0.39 is 10.0 Å². The molecule has 4 rings (SSSR count). The Balaban J connectivity index is 1.84. The maximum Gasteiger partial charge on any atom is 0.268 e. The Bertz CT molecular complexity index is 1280. The molecule has 0 saturated heterocycles. The van der Waals surface area contributed by atoms with Crippen molar-refractivity contribution in [1.29, 1.82) is 0 Å². The van der Waals surface area contributed by atoms with Gasteiger partial charge in [0.15, 0.2) is 0 Å². The molecule has 0 spiro atoms. The molecule has 0 atom stereocenters. The summed E-state index contributed by atoms with van der Waals surface area (Å²) in [6.07, 6.45) is 1.39. The zero-order valence-corrected chi connectivity index (χ0v) is 17.5. The fraction of sp³-hybridized carbons (Fsp3) is 0. The number of benzene rings is 3. The average molecular weight is 502 g/mol. The van der Waals surface area contributed by atoms with E-state index >= 15 is 0 Å². The zero-order chi connectivity index (χ0) is 19.7. The van der Waals surface area contributed by atoms with E-state index in [2.05, 4.69) is 27.9 Å². The summed E-state index contributed by atoms with van der Waals surface area (Å²) in [5.74, 6) is -0.359. The molecule has 0 unspecified atom stereocenters. The third kappa shape index (κ3) is 3.31. The Kier molecular flexibility index (Phi) is 4.94. The highest BCUT2D eigenvalue weighted by molar-refractivity contribution is 14.1. The molecule has 1 heterocycles. The van der Waals surface area contributed by atoms with Crippen LogP contribution in [0.3, 0.4) is 0 Å². The third-order valence-corrected chi connectivity index (χ3v) is 6.97. The van der Waals surface area contributed by atoms with E-state index in [0.717, 1.165) is 3.57 Å². The van der Waals surface area contributed by atoms with Gasteiger partial charge in [-0.15, -0.1) is 0 Å². The Labute approximate surface area is 176 Å². The van der Waals surface area contributed by atoms with E-state index in [-0.39, 0.29) is 10.8 Å². The minimum atomic E-state index is -3.82. The number of nitrogens with zero attached hydrogens (tertiary/aromatic N) is 1. The number of anilines is 1. The topological polar surface area (TPSA) is 68.2 Å². The molecule has 28 heavy (non-hydrogen) atoms. The molecule has 0 aliphatic rings. The average Bonchev–Trinajstić information content (AvgIpc) is 3.11. The van der Waals surface area contributed by atoms with Crippen molar-refractivity contribution < 1.29 is 13.2 Å². The molecule has 1 N–H and O–H groups in total. The first-order valence-corrected chi connectivity index (χ1v) is 11.0. The molecule has 7 heteroatoms. The number of amides is 1. The van der Waals surface area contributed by atoms with Crippen molar-refractivity contribution in [2.24, 2.45) is 0 Å². The van der Waals surface area contributed by atoms with Crippen LogP contribution in [0.15, 0.2) is 90.0 Å². The van der Waals surface area contributed by atoms with E-state index in [9.17, 15) is 13.2 Å². The Morgan fingerprint density at radius 1 is 0.857 bits per heavy atom. The van der Waals surface area contributed by atoms with Crippen LogP contribution in [0.1, 0.15) is 10.4 Å². The number of aromatic nitrogens is 1. The minimum absolute atomic E-state index is 0.167. The fourth-order valence-electron chi connectivity index (χ4n) is 2.99. The van der Waals surface area contributed by atoms with Gasteiger partial charge in [0.05, 0.1) is 21.7 Å². The number of halogens is 1. The second kappa shape index (κ2) is 7.40. The van der Waals surface area contributed by atoms with E-state index in [0.29, 0.717) is 22.2 Å². The largest absolute Gasteiger partial charge is 0.321 e. The van der Waals surface area contributed by atoms with Crippen LogP contribution in [0.25, 0.3) is 10.9 Å². The lowest BCUT2D eigenvalue weighted by Gasteiger charge is -2.07. The molecule has 0 fully saturated rings. The lowest BCUT2D eigenvalue weighted by atomic mass is 10.1. The van der Waals surface area contributed by atoms with E-state index in [4.69, 9.17) is 0 Å². The van der Waals surface area contributed by atoms with Gasteiger partial charge in [0.25, 0.3) is 15.9 Å². The van der Waals surface area contributed by atoms with Crippen LogP contribution >= 0.6 is 22.6 Å². The number of rotatable bonds is 4. The number of carbonyl (C=O) groups is 1. The first-order chi connectivity index (χ1) is 13.5. The summed E-state index contributed by atoms with van der Waals surface area (Å²) in [6.45, 7) is 0. The summed E-state index contributed by atoms with van der Waals surface area (Å²) in [5, 5.41) is 3.44. The van der Waals surface area contributed by atoms with Crippen LogP contribution in [0.5, 0.6) is 0 Å². The quantitative estimate of drug-likeness (QED) is 0.411. The second-order valence-corrected chi connectivity index (χ2v) is 9.08. The highest BCUT2D eigenvalue weighted by atomic mass is 127. The summed E-state index contributed by atoms with van der Waals surface area (Å²) in [6, 6.07) is 22.6. The second-order valence-electron chi connectivity index (χ2n) is 6.11. The van der Waals surface area contributed by atoms with Crippen molar-refractivity contribution in [1.82, 2.24) is 3.97 Å². The van der Waals surface area contributed by atoms with Gasteiger partial charge >= 0.3 is 0 Å². The fourth-order valence-corrected chi connectivity index (χ4v) is 4.90. The summed E-state index contributed by atoms with van der Waals surface area (Å²) in [7, 11) is -3.82. The first-order valence-electron chi connectivity index (χ1n) is 8.45. The van der Waals surface area contributed by atoms with Gasteiger partial charge < -0.3 is 5.32 Å². The number of carbonyl (C=O) groups excluding carboxylic acids is 1. The highest BCUT2D eigenvalue weighted by Gasteiger charge is 2.23. The molecule has 0 radical (unpaired) electrons. The molecule has 0 saturated carbocycles. The van der Waals surface area contributed by atoms with Crippen molar-refractivity contribution in [3.8, 4) is 0 Å². The summed E-state index contributed by atoms with van der Waals surface area (Å²) < 4.78 is 28.3. The van der Waals surface area contributed by atoms with Crippen molar-refractivity contribution in [2.75, 3.05) is 5.32 Å². The SMILES string of the molecule is O=C(Nc1ccccc1I)c1cn(S(=O)(=O)c2ccccc2)c2ccccc12. The van der Waals surface area contributed by atoms with E-state index in [1.165, 1.54) is 22.3 Å². The Morgan fingerprint density at radius 3 is 2.25 bits per heavy atom. The van der Waals surface area contributed by atoms with Crippen molar-refractivity contribution in [3.63, 3.8) is 0 Å². The Hall–Kier alpha value is -2.65. The maximum atomic E-state index is 13.1. The van der Waals surface area contributed by atoms with Crippen molar-refractivity contribution in [3.05, 3.63) is 94.2 Å². The lowest BCUT2D eigenvalue weighted by Crippen LogP contribution is -2.14. The van der Waals surface area contributed by atoms with Crippen LogP contribution in [0, 0.1) is 3.57 Å². The molecule has 140 valence electrons. The van der Waals surface area contributed by atoms with Gasteiger partial charge in [0.1, 0.15) is 0 Å². The van der Waals surface area contributed by atoms with Crippen molar-refractivity contribution in [2.45, 2.75) is 4.90 Å². The van der Waals surface area contributed by atoms with Crippen LogP contribution in [-0.2, 0) is 10.0 Å². The summed E-state index contributed by atoms with van der Waals surface area (Å²) in [5.41, 5.74) is 1.44. The molecule has 1 aromatic heterocycles. The smallest absolute Gasteiger partial charge is 0.268 e. The summed E-state index contributed by atoms with van der Waals surface area (Å²) >= 11 is 2.14. The number of hydrogen-bond acceptors (Lipinski definition) is 3. The molecule has 3 aromatic carbocycles. The van der Waals surface area contributed by atoms with Gasteiger partial charge in [-0.2, -0.15) is 0 Å². The molecule has 4 aromatic rings. The van der Waals surface area contributed by atoms with Gasteiger partial charge in [-0.25, -0.2) is 12.4 Å². The van der Waals surface area contributed by atoms with Crippen LogP contribution < -0.4 is 5.32 Å². The summed E-state index contributed by atoms with van der Waals surface area (Å²) in [4.78, 5) is 13.1. The van der Waals surface area contributed by atoms with E-state index in [1.54, 1.807) is 48.5 Å². The highest BCUT2D eigenvalue weighted by Crippen LogP contribution is 2.27. The van der Waals surface area contributed by atoms with Gasteiger partial charge in [0.2, 0.25) is 0 Å². The van der Waals surface area contributed by atoms with Crippen LogP contribution in [0.4, 0.5) is 5.69 Å². The number of hydrogen-bond donors (Lipinski definition) is 1. The van der Waals surface area contributed by atoms with Gasteiger partial charge in [-0.1, -0.05) is 48.5 Å².